The Labute approximate surface area is 145 Å². The van der Waals surface area contributed by atoms with Crippen LogP contribution in [-0.2, 0) is 9.59 Å². The van der Waals surface area contributed by atoms with Gasteiger partial charge in [0, 0.05) is 57.3 Å². The van der Waals surface area contributed by atoms with Crippen LogP contribution in [0.2, 0.25) is 0 Å². The van der Waals surface area contributed by atoms with Crippen molar-refractivity contribution in [2.24, 2.45) is 0 Å². The first-order valence-electron chi connectivity index (χ1n) is 8.65. The summed E-state index contributed by atoms with van der Waals surface area (Å²) < 4.78 is 0. The fourth-order valence-electron chi connectivity index (χ4n) is 3.18. The maximum Gasteiger partial charge on any atom is 0.224 e. The maximum atomic E-state index is 12.5. The molecule has 0 spiro atoms. The molecule has 1 heterocycles. The number of hydrogen-bond acceptors (Lipinski definition) is 3. The maximum absolute atomic E-state index is 12.5. The highest BCUT2D eigenvalue weighted by molar-refractivity contribution is 5.78. The Kier molecular flexibility index (Phi) is 5.86. The minimum absolute atomic E-state index is 0.0178. The molecule has 5 nitrogen and oxygen atoms in total. The molecule has 0 saturated carbocycles. The quantitative estimate of drug-likeness (QED) is 0.851. The SMILES string of the molecule is CC(=O)N(CCC(=O)N1CCN(c2ccccc2)CC1)C(C)(C)C. The second-order valence-electron chi connectivity index (χ2n) is 7.29. The van der Waals surface area contributed by atoms with Crippen molar-refractivity contribution in [1.29, 1.82) is 0 Å². The monoisotopic (exact) mass is 331 g/mol. The lowest BCUT2D eigenvalue weighted by Gasteiger charge is -2.38. The zero-order valence-electron chi connectivity index (χ0n) is 15.3. The minimum Gasteiger partial charge on any atom is -0.368 e. The molecular formula is C19H29N3O2. The molecule has 2 amide bonds. The van der Waals surface area contributed by atoms with Crippen LogP contribution in [0.1, 0.15) is 34.1 Å². The highest BCUT2D eigenvalue weighted by Gasteiger charge is 2.26. The molecule has 0 aliphatic carbocycles. The fourth-order valence-corrected chi connectivity index (χ4v) is 3.18. The van der Waals surface area contributed by atoms with Gasteiger partial charge in [0.2, 0.25) is 11.8 Å². The number of rotatable bonds is 4. The number of piperazine rings is 1. The summed E-state index contributed by atoms with van der Waals surface area (Å²) in [7, 11) is 0. The molecule has 132 valence electrons. The molecular weight excluding hydrogens is 302 g/mol. The van der Waals surface area contributed by atoms with E-state index < -0.39 is 0 Å². The Bertz CT molecular complexity index is 558. The Morgan fingerprint density at radius 1 is 1.04 bits per heavy atom. The third-order valence-corrected chi connectivity index (χ3v) is 4.49. The molecule has 0 aromatic heterocycles. The summed E-state index contributed by atoms with van der Waals surface area (Å²) in [5, 5.41) is 0. The second kappa shape index (κ2) is 7.69. The molecule has 0 unspecified atom stereocenters. The van der Waals surface area contributed by atoms with Gasteiger partial charge in [-0.2, -0.15) is 0 Å². The number of para-hydroxylation sites is 1. The van der Waals surface area contributed by atoms with E-state index in [4.69, 9.17) is 0 Å². The van der Waals surface area contributed by atoms with E-state index >= 15 is 0 Å². The number of hydrogen-bond donors (Lipinski definition) is 0. The molecule has 1 fully saturated rings. The van der Waals surface area contributed by atoms with Gasteiger partial charge in [0.1, 0.15) is 0 Å². The van der Waals surface area contributed by atoms with Crippen molar-refractivity contribution < 1.29 is 9.59 Å². The van der Waals surface area contributed by atoms with Crippen LogP contribution in [0.15, 0.2) is 30.3 Å². The van der Waals surface area contributed by atoms with Crippen LogP contribution in [0.25, 0.3) is 0 Å². The van der Waals surface area contributed by atoms with Gasteiger partial charge < -0.3 is 14.7 Å². The van der Waals surface area contributed by atoms with E-state index in [2.05, 4.69) is 17.0 Å². The number of amides is 2. The predicted molar refractivity (Wildman–Crippen MR) is 97.0 cm³/mol. The van der Waals surface area contributed by atoms with Gasteiger partial charge in [-0.1, -0.05) is 18.2 Å². The van der Waals surface area contributed by atoms with Crippen molar-refractivity contribution in [3.8, 4) is 0 Å². The van der Waals surface area contributed by atoms with Crippen LogP contribution in [0.4, 0.5) is 5.69 Å². The van der Waals surface area contributed by atoms with Crippen LogP contribution in [-0.4, -0.2) is 59.9 Å². The number of carbonyl (C=O) groups excluding carboxylic acids is 2. The molecule has 24 heavy (non-hydrogen) atoms. The zero-order valence-corrected chi connectivity index (χ0v) is 15.3. The molecule has 0 atom stereocenters. The Hall–Kier alpha value is -2.04. The number of anilines is 1. The molecule has 1 aliphatic heterocycles. The second-order valence-corrected chi connectivity index (χ2v) is 7.29. The highest BCUT2D eigenvalue weighted by atomic mass is 16.2. The zero-order chi connectivity index (χ0) is 17.7. The summed E-state index contributed by atoms with van der Waals surface area (Å²) in [5.74, 6) is 0.155. The molecule has 5 heteroatoms. The van der Waals surface area contributed by atoms with E-state index in [0.717, 1.165) is 26.2 Å². The lowest BCUT2D eigenvalue weighted by atomic mass is 10.1. The molecule has 1 saturated heterocycles. The van der Waals surface area contributed by atoms with Gasteiger partial charge in [-0.15, -0.1) is 0 Å². The normalized spacial score (nSPS) is 15.3. The average molecular weight is 331 g/mol. The van der Waals surface area contributed by atoms with Gasteiger partial charge >= 0.3 is 0 Å². The highest BCUT2D eigenvalue weighted by Crippen LogP contribution is 2.17. The topological polar surface area (TPSA) is 43.9 Å². The molecule has 0 bridgehead atoms. The first kappa shape index (κ1) is 18.3. The van der Waals surface area contributed by atoms with Crippen molar-refractivity contribution in [3.63, 3.8) is 0 Å². The lowest BCUT2D eigenvalue weighted by Crippen LogP contribution is -2.50. The van der Waals surface area contributed by atoms with Crippen molar-refractivity contribution in [2.75, 3.05) is 37.6 Å². The van der Waals surface area contributed by atoms with E-state index in [0.29, 0.717) is 13.0 Å². The Morgan fingerprint density at radius 3 is 2.12 bits per heavy atom. The lowest BCUT2D eigenvalue weighted by molar-refractivity contribution is -0.136. The van der Waals surface area contributed by atoms with Crippen LogP contribution in [0, 0.1) is 0 Å². The first-order chi connectivity index (χ1) is 11.3. The molecule has 1 aromatic rings. The van der Waals surface area contributed by atoms with Crippen LogP contribution in [0.3, 0.4) is 0 Å². The standard InChI is InChI=1S/C19H29N3O2/c1-16(23)22(19(2,3)4)11-10-18(24)21-14-12-20(13-15-21)17-8-6-5-7-9-17/h5-9H,10-15H2,1-4H3. The predicted octanol–water partition coefficient (Wildman–Crippen LogP) is 2.37. The van der Waals surface area contributed by atoms with Crippen LogP contribution in [0.5, 0.6) is 0 Å². The number of carbonyl (C=O) groups is 2. The first-order valence-corrected chi connectivity index (χ1v) is 8.65. The van der Waals surface area contributed by atoms with Gasteiger partial charge in [-0.05, 0) is 32.9 Å². The van der Waals surface area contributed by atoms with Crippen molar-refractivity contribution in [1.82, 2.24) is 9.80 Å². The summed E-state index contributed by atoms with van der Waals surface area (Å²) in [4.78, 5) is 30.2. The van der Waals surface area contributed by atoms with E-state index in [9.17, 15) is 9.59 Å². The molecule has 2 rings (SSSR count). The minimum atomic E-state index is -0.252. The number of nitrogens with zero attached hydrogens (tertiary/aromatic N) is 3. The van der Waals surface area contributed by atoms with Crippen LogP contribution >= 0.6 is 0 Å². The van der Waals surface area contributed by atoms with E-state index in [1.807, 2.05) is 43.9 Å². The van der Waals surface area contributed by atoms with Gasteiger partial charge in [-0.25, -0.2) is 0 Å². The summed E-state index contributed by atoms with van der Waals surface area (Å²) in [6, 6.07) is 10.3. The smallest absolute Gasteiger partial charge is 0.224 e. The molecule has 1 aromatic carbocycles. The molecule has 1 aliphatic rings. The van der Waals surface area contributed by atoms with E-state index in [1.165, 1.54) is 5.69 Å². The largest absolute Gasteiger partial charge is 0.368 e. The van der Waals surface area contributed by atoms with Crippen molar-refractivity contribution in [2.45, 2.75) is 39.7 Å². The van der Waals surface area contributed by atoms with Gasteiger partial charge in [0.25, 0.3) is 0 Å². The fraction of sp³-hybridized carbons (Fsp3) is 0.579. The average Bonchev–Trinajstić information content (AvgIpc) is 2.54. The van der Waals surface area contributed by atoms with E-state index in [1.54, 1.807) is 11.8 Å². The van der Waals surface area contributed by atoms with E-state index in [-0.39, 0.29) is 17.4 Å². The summed E-state index contributed by atoms with van der Waals surface area (Å²) >= 11 is 0. The third-order valence-electron chi connectivity index (χ3n) is 4.49. The summed E-state index contributed by atoms with van der Waals surface area (Å²) in [6.45, 7) is 11.2. The third kappa shape index (κ3) is 4.73. The number of benzene rings is 1. The Morgan fingerprint density at radius 2 is 1.62 bits per heavy atom. The molecule has 0 radical (unpaired) electrons. The van der Waals surface area contributed by atoms with Gasteiger partial charge in [0.15, 0.2) is 0 Å². The van der Waals surface area contributed by atoms with Crippen molar-refractivity contribution in [3.05, 3.63) is 30.3 Å². The van der Waals surface area contributed by atoms with Gasteiger partial charge in [0.05, 0.1) is 0 Å². The molecule has 0 N–H and O–H groups in total. The Balaban J connectivity index is 1.83. The summed E-state index contributed by atoms with van der Waals surface area (Å²) in [6.07, 6.45) is 0.391. The van der Waals surface area contributed by atoms with Gasteiger partial charge in [-0.3, -0.25) is 9.59 Å². The summed E-state index contributed by atoms with van der Waals surface area (Å²) in [5.41, 5.74) is 0.957. The van der Waals surface area contributed by atoms with Crippen LogP contribution < -0.4 is 4.90 Å². The van der Waals surface area contributed by atoms with Crippen molar-refractivity contribution >= 4 is 17.5 Å².